The Morgan fingerprint density at radius 3 is 1.85 bits per heavy atom. The molecule has 2 aliphatic carbocycles. The maximum atomic E-state index is 2.52. The highest BCUT2D eigenvalue weighted by Gasteiger charge is 2.30. The first-order chi connectivity index (χ1) is 22.4. The largest absolute Gasteiger partial charge is 0.0795 e. The first kappa shape index (κ1) is 30.9. The summed E-state index contributed by atoms with van der Waals surface area (Å²) in [4.78, 5) is 0. The molecule has 0 atom stereocenters. The summed E-state index contributed by atoms with van der Waals surface area (Å²) in [5.74, 6) is 0. The minimum Gasteiger partial charge on any atom is -0.0795 e. The summed E-state index contributed by atoms with van der Waals surface area (Å²) in [6, 6.07) is 38.6. The van der Waals surface area contributed by atoms with Crippen LogP contribution in [-0.2, 0) is 10.8 Å². The van der Waals surface area contributed by atoms with E-state index >= 15 is 0 Å². The van der Waals surface area contributed by atoms with E-state index in [0.29, 0.717) is 0 Å². The molecule has 7 rings (SSSR count). The van der Waals surface area contributed by atoms with Crippen molar-refractivity contribution in [3.8, 4) is 11.1 Å². The Morgan fingerprint density at radius 2 is 1.26 bits per heavy atom. The molecule has 0 saturated carbocycles. The van der Waals surface area contributed by atoms with Crippen molar-refractivity contribution in [2.45, 2.75) is 72.6 Å². The van der Waals surface area contributed by atoms with Gasteiger partial charge in [0, 0.05) is 0 Å². The van der Waals surface area contributed by atoms with Crippen molar-refractivity contribution < 1.29 is 0 Å². The molecular weight excluding hydrogens is 565 g/mol. The number of hydrogen-bond acceptors (Lipinski definition) is 0. The van der Waals surface area contributed by atoms with E-state index in [1.54, 1.807) is 0 Å². The van der Waals surface area contributed by atoms with E-state index in [0.717, 1.165) is 6.42 Å². The van der Waals surface area contributed by atoms with Crippen LogP contribution in [0.3, 0.4) is 0 Å². The van der Waals surface area contributed by atoms with Gasteiger partial charge in [0.05, 0.1) is 0 Å². The van der Waals surface area contributed by atoms with Crippen LogP contribution in [0.2, 0.25) is 0 Å². The monoisotopic (exact) mass is 610 g/mol. The van der Waals surface area contributed by atoms with Crippen LogP contribution in [-0.4, -0.2) is 0 Å². The van der Waals surface area contributed by atoms with Crippen LogP contribution < -0.4 is 10.4 Å². The second kappa shape index (κ2) is 11.5. The summed E-state index contributed by atoms with van der Waals surface area (Å²) >= 11 is 0. The Bertz CT molecular complexity index is 2170. The van der Waals surface area contributed by atoms with E-state index in [1.807, 2.05) is 0 Å². The van der Waals surface area contributed by atoms with Gasteiger partial charge >= 0.3 is 0 Å². The van der Waals surface area contributed by atoms with Gasteiger partial charge in [0.15, 0.2) is 0 Å². The molecule has 0 amide bonds. The highest BCUT2D eigenvalue weighted by Crippen LogP contribution is 2.42. The summed E-state index contributed by atoms with van der Waals surface area (Å²) in [5, 5.41) is 2.69. The third-order valence-electron chi connectivity index (χ3n) is 9.92. The molecule has 234 valence electrons. The molecular formula is C47H46. The minimum atomic E-state index is -0.128. The molecule has 2 aliphatic rings. The maximum absolute atomic E-state index is 2.52. The van der Waals surface area contributed by atoms with Gasteiger partial charge in [-0.15, -0.1) is 0 Å². The number of rotatable bonds is 4. The summed E-state index contributed by atoms with van der Waals surface area (Å²) in [7, 11) is 0. The van der Waals surface area contributed by atoms with E-state index in [4.69, 9.17) is 0 Å². The fourth-order valence-corrected chi connectivity index (χ4v) is 7.71. The lowest BCUT2D eigenvalue weighted by atomic mass is 9.75. The van der Waals surface area contributed by atoms with Crippen molar-refractivity contribution in [2.75, 3.05) is 0 Å². The normalized spacial score (nSPS) is 13.9. The van der Waals surface area contributed by atoms with Gasteiger partial charge in [0.2, 0.25) is 0 Å². The van der Waals surface area contributed by atoms with E-state index in [9.17, 15) is 0 Å². The molecule has 0 spiro atoms. The van der Waals surface area contributed by atoms with Gasteiger partial charge in [0.25, 0.3) is 0 Å². The van der Waals surface area contributed by atoms with E-state index < -0.39 is 0 Å². The van der Waals surface area contributed by atoms with Crippen LogP contribution in [0.5, 0.6) is 0 Å². The Kier molecular flexibility index (Phi) is 7.59. The average Bonchev–Trinajstić information content (AvgIpc) is 3.65. The molecule has 0 fully saturated rings. The second-order valence-corrected chi connectivity index (χ2v) is 15.5. The van der Waals surface area contributed by atoms with Crippen LogP contribution in [0, 0.1) is 13.8 Å². The zero-order valence-electron chi connectivity index (χ0n) is 29.3. The molecule has 0 unspecified atom stereocenters. The van der Waals surface area contributed by atoms with E-state index in [-0.39, 0.29) is 10.8 Å². The first-order valence-corrected chi connectivity index (χ1v) is 17.1. The molecule has 0 nitrogen and oxygen atoms in total. The lowest BCUT2D eigenvalue weighted by molar-refractivity contribution is 0.583. The number of allylic oxidation sites excluding steroid dienone is 4. The number of aryl methyl sites for hydroxylation is 2. The standard InChI is InChI=1S/C47H46/c1-30-22-24-36(31(2)26-30)38-20-15-21-39(38)44-41-28-34-27-35(46(3,4)5)23-25-37(34)40(41)29-42(45(44)47(6,7)8)43(32-16-11-9-12-17-32)33-18-13-10-14-19-33/h9-20,22-29H,21H2,1-8H3. The fourth-order valence-electron chi connectivity index (χ4n) is 7.71. The predicted molar refractivity (Wildman–Crippen MR) is 203 cm³/mol. The summed E-state index contributed by atoms with van der Waals surface area (Å²) in [6.07, 6.45) is 8.15. The number of fused-ring (bicyclic) bond motifs is 3. The molecule has 0 bridgehead atoms. The lowest BCUT2D eigenvalue weighted by Crippen LogP contribution is -2.32. The molecule has 47 heavy (non-hydrogen) atoms. The van der Waals surface area contributed by atoms with Gasteiger partial charge in [-0.05, 0) is 126 Å². The Morgan fingerprint density at radius 1 is 0.617 bits per heavy atom. The third kappa shape index (κ3) is 5.55. The molecule has 0 heteroatoms. The summed E-state index contributed by atoms with van der Waals surface area (Å²) in [6.45, 7) is 18.6. The third-order valence-corrected chi connectivity index (χ3v) is 9.92. The molecule has 0 N–H and O–H groups in total. The van der Waals surface area contributed by atoms with Gasteiger partial charge in [-0.1, -0.05) is 156 Å². The Hall–Kier alpha value is -4.68. The quantitative estimate of drug-likeness (QED) is 0.186. The molecule has 5 aromatic rings. The SMILES string of the molecule is Cc1ccc(C2=C(c3c(C(C)(C)C)c(=C(c4ccccc4)c4ccccc4)cc4c3=Cc3cc(C(C)(C)C)ccc3-4)CC=C2)c(C)c1. The van der Waals surface area contributed by atoms with Gasteiger partial charge in [-0.2, -0.15) is 0 Å². The number of hydrogen-bond donors (Lipinski definition) is 0. The molecule has 0 saturated heterocycles. The highest BCUT2D eigenvalue weighted by atomic mass is 14.3. The van der Waals surface area contributed by atoms with Crippen LogP contribution >= 0.6 is 0 Å². The summed E-state index contributed by atoms with van der Waals surface area (Å²) < 4.78 is 0. The minimum absolute atomic E-state index is 0.0812. The van der Waals surface area contributed by atoms with Crippen molar-refractivity contribution in [3.63, 3.8) is 0 Å². The Balaban J connectivity index is 1.70. The Labute approximate surface area is 281 Å². The summed E-state index contributed by atoms with van der Waals surface area (Å²) in [5.41, 5.74) is 18.7. The average molecular weight is 611 g/mol. The maximum Gasteiger partial charge on any atom is -0.00354 e. The van der Waals surface area contributed by atoms with Crippen LogP contribution in [0.25, 0.3) is 33.9 Å². The zero-order chi connectivity index (χ0) is 33.1. The smallest absolute Gasteiger partial charge is 0.00354 e. The molecule has 0 aliphatic heterocycles. The molecule has 5 aromatic carbocycles. The van der Waals surface area contributed by atoms with E-state index in [2.05, 4.69) is 177 Å². The van der Waals surface area contributed by atoms with E-state index in [1.165, 1.54) is 88.4 Å². The van der Waals surface area contributed by atoms with Gasteiger partial charge in [0.1, 0.15) is 0 Å². The number of benzene rings is 5. The zero-order valence-corrected chi connectivity index (χ0v) is 29.3. The molecule has 0 aromatic heterocycles. The molecule has 0 heterocycles. The van der Waals surface area contributed by atoms with Crippen LogP contribution in [0.15, 0.2) is 115 Å². The first-order valence-electron chi connectivity index (χ1n) is 17.1. The van der Waals surface area contributed by atoms with Gasteiger partial charge < -0.3 is 0 Å². The van der Waals surface area contributed by atoms with Gasteiger partial charge in [-0.3, -0.25) is 0 Å². The predicted octanol–water partition coefficient (Wildman–Crippen LogP) is 10.8. The van der Waals surface area contributed by atoms with Crippen molar-refractivity contribution >= 4 is 22.8 Å². The van der Waals surface area contributed by atoms with Gasteiger partial charge in [-0.25, -0.2) is 0 Å². The van der Waals surface area contributed by atoms with Crippen molar-refractivity contribution in [1.29, 1.82) is 0 Å². The molecule has 0 radical (unpaired) electrons. The highest BCUT2D eigenvalue weighted by molar-refractivity contribution is 6.02. The van der Waals surface area contributed by atoms with Crippen LogP contribution in [0.1, 0.15) is 98.0 Å². The lowest BCUT2D eigenvalue weighted by Gasteiger charge is -2.28. The van der Waals surface area contributed by atoms with Crippen molar-refractivity contribution in [1.82, 2.24) is 0 Å². The topological polar surface area (TPSA) is 0 Å². The van der Waals surface area contributed by atoms with Crippen molar-refractivity contribution in [3.05, 3.63) is 176 Å². The van der Waals surface area contributed by atoms with Crippen molar-refractivity contribution in [2.24, 2.45) is 0 Å². The fraction of sp³-hybridized carbons (Fsp3) is 0.234. The van der Waals surface area contributed by atoms with Crippen LogP contribution in [0.4, 0.5) is 0 Å². The second-order valence-electron chi connectivity index (χ2n) is 15.5.